The zero-order valence-electron chi connectivity index (χ0n) is 20.8. The summed E-state index contributed by atoms with van der Waals surface area (Å²) in [6, 6.07) is 7.01. The summed E-state index contributed by atoms with van der Waals surface area (Å²) >= 11 is 0. The summed E-state index contributed by atoms with van der Waals surface area (Å²) in [5.74, 6) is 0.471. The van der Waals surface area contributed by atoms with Crippen LogP contribution in [0.15, 0.2) is 41.6 Å². The normalized spacial score (nSPS) is 23.1. The van der Waals surface area contributed by atoms with E-state index < -0.39 is 15.8 Å². The molecule has 3 aliphatic heterocycles. The van der Waals surface area contributed by atoms with Gasteiger partial charge in [-0.1, -0.05) is 0 Å². The van der Waals surface area contributed by atoms with Gasteiger partial charge in [0.05, 0.1) is 23.0 Å². The Balaban J connectivity index is 1.22. The molecule has 0 unspecified atom stereocenters. The van der Waals surface area contributed by atoms with Crippen LogP contribution in [0.5, 0.6) is 0 Å². The van der Waals surface area contributed by atoms with Crippen molar-refractivity contribution in [3.63, 3.8) is 0 Å². The number of aromatic nitrogens is 4. The van der Waals surface area contributed by atoms with E-state index in [1.165, 1.54) is 0 Å². The van der Waals surface area contributed by atoms with Gasteiger partial charge in [0, 0.05) is 50.1 Å². The average molecular weight is 528 g/mol. The third-order valence-electron chi connectivity index (χ3n) is 7.71. The Labute approximate surface area is 215 Å². The second-order valence-electron chi connectivity index (χ2n) is 10.0. The van der Waals surface area contributed by atoms with Crippen molar-refractivity contribution < 1.29 is 17.5 Å². The molecule has 3 fully saturated rings. The van der Waals surface area contributed by atoms with Gasteiger partial charge in [-0.15, -0.1) is 0 Å². The summed E-state index contributed by atoms with van der Waals surface area (Å²) in [6.45, 7) is 4.50. The molecule has 5 heterocycles. The molecule has 3 saturated heterocycles. The fraction of sp³-hybridized carbons (Fsp3) is 0.480. The highest BCUT2D eigenvalue weighted by Crippen LogP contribution is 2.35. The van der Waals surface area contributed by atoms with Gasteiger partial charge in [-0.2, -0.15) is 4.31 Å². The Morgan fingerprint density at radius 1 is 1.03 bits per heavy atom. The van der Waals surface area contributed by atoms with Crippen LogP contribution < -0.4 is 5.32 Å². The van der Waals surface area contributed by atoms with Crippen molar-refractivity contribution in [1.82, 2.24) is 28.7 Å². The van der Waals surface area contributed by atoms with Gasteiger partial charge in [0.2, 0.25) is 16.0 Å². The number of likely N-dealkylation sites (N-methyl/N-ethyl adjacent to an activating group) is 1. The van der Waals surface area contributed by atoms with Crippen molar-refractivity contribution in [3.8, 4) is 11.4 Å². The molecule has 1 aromatic carbocycles. The van der Waals surface area contributed by atoms with Crippen molar-refractivity contribution in [2.24, 2.45) is 0 Å². The number of benzene rings is 1. The van der Waals surface area contributed by atoms with E-state index in [0.717, 1.165) is 37.8 Å². The summed E-state index contributed by atoms with van der Waals surface area (Å²) < 4.78 is 50.4. The highest BCUT2D eigenvalue weighted by molar-refractivity contribution is 7.89. The second-order valence-corrected chi connectivity index (χ2v) is 11.9. The third-order valence-corrected chi connectivity index (χ3v) is 9.64. The van der Waals surface area contributed by atoms with Gasteiger partial charge >= 0.3 is 0 Å². The highest BCUT2D eigenvalue weighted by atomic mass is 32.2. The van der Waals surface area contributed by atoms with E-state index in [4.69, 9.17) is 4.74 Å². The number of halogens is 1. The Bertz CT molecular complexity index is 1400. The predicted molar refractivity (Wildman–Crippen MR) is 135 cm³/mol. The number of aryl methyl sites for hydroxylation is 1. The first-order chi connectivity index (χ1) is 17.8. The van der Waals surface area contributed by atoms with E-state index in [1.807, 2.05) is 18.5 Å². The highest BCUT2D eigenvalue weighted by Gasteiger charge is 2.47. The van der Waals surface area contributed by atoms with Crippen LogP contribution >= 0.6 is 0 Å². The fourth-order valence-corrected chi connectivity index (χ4v) is 7.40. The largest absolute Gasteiger partial charge is 0.381 e. The molecule has 0 saturated carbocycles. The van der Waals surface area contributed by atoms with E-state index in [-0.39, 0.29) is 34.7 Å². The van der Waals surface area contributed by atoms with Crippen LogP contribution in [-0.4, -0.2) is 82.6 Å². The first-order valence-corrected chi connectivity index (χ1v) is 14.0. The first kappa shape index (κ1) is 24.4. The van der Waals surface area contributed by atoms with Gasteiger partial charge in [0.25, 0.3) is 0 Å². The molecule has 6 rings (SSSR count). The molecule has 37 heavy (non-hydrogen) atoms. The number of hydrogen-bond donors (Lipinski definition) is 1. The maximum atomic E-state index is 14.9. The Morgan fingerprint density at radius 2 is 1.78 bits per heavy atom. The third kappa shape index (κ3) is 4.41. The minimum atomic E-state index is -3.56. The molecular formula is C25H30FN7O3S. The summed E-state index contributed by atoms with van der Waals surface area (Å²) in [4.78, 5) is 15.4. The summed E-state index contributed by atoms with van der Waals surface area (Å²) in [5, 5.41) is 3.07. The van der Waals surface area contributed by atoms with E-state index in [9.17, 15) is 12.8 Å². The topological polar surface area (TPSA) is 105 Å². The molecular weight excluding hydrogens is 497 g/mol. The monoisotopic (exact) mass is 527 g/mol. The minimum Gasteiger partial charge on any atom is -0.381 e. The molecule has 10 nitrogen and oxygen atoms in total. The lowest BCUT2D eigenvalue weighted by Crippen LogP contribution is -2.47. The molecule has 12 heteroatoms. The van der Waals surface area contributed by atoms with E-state index in [1.54, 1.807) is 34.8 Å². The maximum absolute atomic E-state index is 14.9. The molecule has 0 aliphatic carbocycles. The molecule has 196 valence electrons. The van der Waals surface area contributed by atoms with Gasteiger partial charge in [-0.05, 0) is 57.5 Å². The molecule has 2 aromatic heterocycles. The number of piperazine rings is 1. The van der Waals surface area contributed by atoms with Crippen LogP contribution in [0.2, 0.25) is 0 Å². The molecule has 1 N–H and O–H groups in total. The molecule has 3 aliphatic rings. The smallest absolute Gasteiger partial charge is 0.243 e. The van der Waals surface area contributed by atoms with Crippen molar-refractivity contribution in [2.75, 3.05) is 38.7 Å². The van der Waals surface area contributed by atoms with Crippen LogP contribution in [0.3, 0.4) is 0 Å². The predicted octanol–water partition coefficient (Wildman–Crippen LogP) is 2.96. The van der Waals surface area contributed by atoms with Crippen molar-refractivity contribution in [3.05, 3.63) is 48.3 Å². The molecule has 0 spiro atoms. The number of nitrogens with zero attached hydrogens (tertiary/aromatic N) is 6. The van der Waals surface area contributed by atoms with Crippen LogP contribution in [-0.2, 0) is 14.8 Å². The molecule has 2 atom stereocenters. The molecule has 0 radical (unpaired) electrons. The van der Waals surface area contributed by atoms with Crippen LogP contribution in [0.1, 0.15) is 31.1 Å². The van der Waals surface area contributed by atoms with E-state index >= 15 is 0 Å². The Morgan fingerprint density at radius 3 is 2.46 bits per heavy atom. The van der Waals surface area contributed by atoms with Gasteiger partial charge in [-0.25, -0.2) is 27.8 Å². The number of anilines is 2. The zero-order chi connectivity index (χ0) is 25.7. The van der Waals surface area contributed by atoms with Crippen molar-refractivity contribution in [1.29, 1.82) is 0 Å². The van der Waals surface area contributed by atoms with Gasteiger partial charge in [-0.3, -0.25) is 0 Å². The zero-order valence-corrected chi connectivity index (χ0v) is 21.7. The maximum Gasteiger partial charge on any atom is 0.243 e. The lowest BCUT2D eigenvalue weighted by molar-refractivity contribution is 0.0694. The number of fused-ring (bicyclic) bond motifs is 2. The summed E-state index contributed by atoms with van der Waals surface area (Å²) in [7, 11) is -1.53. The molecule has 2 bridgehead atoms. The van der Waals surface area contributed by atoms with E-state index in [0.29, 0.717) is 31.1 Å². The standard InChI is InChI=1S/C25H30FN7O3S/c1-16-27-13-23(33(16)18-7-9-36-10-8-18)24-22(26)12-28-25(30-24)29-17-3-5-21(6-4-17)37(34,35)32-15-19-11-20(32)14-31(19)2/h3-6,12-13,18-20H,7-11,14-15H2,1-2H3,(H,28,29,30)/t19-,20+/m0/s1. The number of sulfonamides is 1. The van der Waals surface area contributed by atoms with Crippen LogP contribution in [0.25, 0.3) is 11.4 Å². The SMILES string of the molecule is Cc1ncc(-c2nc(Nc3ccc(S(=O)(=O)N4C[C@@H]5C[C@@H]4CN5C)cc3)ncc2F)n1C1CCOCC1. The van der Waals surface area contributed by atoms with E-state index in [2.05, 4.69) is 25.2 Å². The molecule has 3 aromatic rings. The van der Waals surface area contributed by atoms with Crippen molar-refractivity contribution >= 4 is 21.7 Å². The summed E-state index contributed by atoms with van der Waals surface area (Å²) in [5.41, 5.74) is 1.37. The Hall–Kier alpha value is -2.93. The number of imidazole rings is 1. The number of likely N-dealkylation sites (tertiary alicyclic amines) is 1. The minimum absolute atomic E-state index is 0.0297. The number of rotatable bonds is 6. The Kier molecular flexibility index (Phi) is 6.22. The van der Waals surface area contributed by atoms with Gasteiger partial charge < -0.3 is 19.5 Å². The van der Waals surface area contributed by atoms with Crippen molar-refractivity contribution in [2.45, 2.75) is 49.2 Å². The van der Waals surface area contributed by atoms with Gasteiger partial charge in [0.15, 0.2) is 5.82 Å². The first-order valence-electron chi connectivity index (χ1n) is 12.5. The average Bonchev–Trinajstić information content (AvgIpc) is 3.60. The lowest BCUT2D eigenvalue weighted by atomic mass is 10.1. The lowest BCUT2D eigenvalue weighted by Gasteiger charge is -2.31. The molecule has 0 amide bonds. The van der Waals surface area contributed by atoms with Crippen LogP contribution in [0, 0.1) is 12.7 Å². The fourth-order valence-electron chi connectivity index (χ4n) is 5.74. The number of nitrogens with one attached hydrogen (secondary N) is 1. The quantitative estimate of drug-likeness (QED) is 0.522. The summed E-state index contributed by atoms with van der Waals surface area (Å²) in [6.07, 6.45) is 5.31. The number of hydrogen-bond acceptors (Lipinski definition) is 8. The van der Waals surface area contributed by atoms with Gasteiger partial charge in [0.1, 0.15) is 11.5 Å². The number of ether oxygens (including phenoxy) is 1. The van der Waals surface area contributed by atoms with Crippen LogP contribution in [0.4, 0.5) is 16.0 Å². The second kappa shape index (κ2) is 9.43.